The van der Waals surface area contributed by atoms with Gasteiger partial charge >= 0.3 is 6.09 Å². The monoisotopic (exact) mass is 449 g/mol. The quantitative estimate of drug-likeness (QED) is 0.706. The van der Waals surface area contributed by atoms with Crippen LogP contribution < -0.4 is 4.74 Å². The van der Waals surface area contributed by atoms with Gasteiger partial charge < -0.3 is 19.1 Å². The Morgan fingerprint density at radius 3 is 2.79 bits per heavy atom. The Hall–Kier alpha value is -1.93. The van der Waals surface area contributed by atoms with Gasteiger partial charge in [-0.1, -0.05) is 15.9 Å². The van der Waals surface area contributed by atoms with Crippen molar-refractivity contribution >= 4 is 33.1 Å². The summed E-state index contributed by atoms with van der Waals surface area (Å²) in [5.74, 6) is 0.639. The molecule has 0 radical (unpaired) electrons. The van der Waals surface area contributed by atoms with Gasteiger partial charge in [-0.15, -0.1) is 0 Å². The van der Waals surface area contributed by atoms with E-state index in [1.54, 1.807) is 17.3 Å². The second-order valence-corrected chi connectivity index (χ2v) is 9.34. The standard InChI is InChI=1S/C20H24BrN3O4/c1-19(2,3)28-18(25)24-10-14(27-20(12-24)4-5-20)11-26-16-9-13(21)8-15-17(16)23-7-6-22-15/h6-9,14H,4-5,10-12H2,1-3H3/t14-/m0/s1. The van der Waals surface area contributed by atoms with Crippen LogP contribution in [0.5, 0.6) is 5.75 Å². The van der Waals surface area contributed by atoms with Crippen LogP contribution in [0.4, 0.5) is 4.79 Å². The Morgan fingerprint density at radius 2 is 2.07 bits per heavy atom. The van der Waals surface area contributed by atoms with Gasteiger partial charge in [0.25, 0.3) is 0 Å². The lowest BCUT2D eigenvalue weighted by molar-refractivity contribution is -0.113. The van der Waals surface area contributed by atoms with Crippen molar-refractivity contribution in [3.05, 3.63) is 29.0 Å². The van der Waals surface area contributed by atoms with Crippen LogP contribution in [0, 0.1) is 0 Å². The minimum atomic E-state index is -0.522. The molecule has 1 aliphatic carbocycles. The number of ether oxygens (including phenoxy) is 3. The first-order valence-corrected chi connectivity index (χ1v) is 10.2. The molecule has 1 amide bonds. The van der Waals surface area contributed by atoms with E-state index in [4.69, 9.17) is 14.2 Å². The second kappa shape index (κ2) is 7.15. The maximum Gasteiger partial charge on any atom is 0.410 e. The number of fused-ring (bicyclic) bond motifs is 1. The fourth-order valence-electron chi connectivity index (χ4n) is 3.36. The molecule has 2 aliphatic rings. The number of carbonyl (C=O) groups excluding carboxylic acids is 1. The molecule has 0 N–H and O–H groups in total. The summed E-state index contributed by atoms with van der Waals surface area (Å²) in [5, 5.41) is 0. The van der Waals surface area contributed by atoms with Crippen LogP contribution in [0.15, 0.2) is 29.0 Å². The van der Waals surface area contributed by atoms with Gasteiger partial charge in [0, 0.05) is 16.9 Å². The molecule has 1 atom stereocenters. The SMILES string of the molecule is CC(C)(C)OC(=O)N1C[C@@H](COc2cc(Br)cc3nccnc23)OC2(CC2)C1. The van der Waals surface area contributed by atoms with Crippen LogP contribution in [0.2, 0.25) is 0 Å². The van der Waals surface area contributed by atoms with E-state index in [0.29, 0.717) is 31.0 Å². The summed E-state index contributed by atoms with van der Waals surface area (Å²) in [5.41, 5.74) is 0.686. The zero-order chi connectivity index (χ0) is 19.9. The summed E-state index contributed by atoms with van der Waals surface area (Å²) < 4.78 is 18.7. The van der Waals surface area contributed by atoms with Crippen LogP contribution in [0.25, 0.3) is 11.0 Å². The Bertz CT molecular complexity index is 895. The molecule has 1 aromatic carbocycles. The van der Waals surface area contributed by atoms with Crippen molar-refractivity contribution in [3.8, 4) is 5.75 Å². The third-order valence-electron chi connectivity index (χ3n) is 4.71. The van der Waals surface area contributed by atoms with E-state index < -0.39 is 5.60 Å². The van der Waals surface area contributed by atoms with Crippen LogP contribution >= 0.6 is 15.9 Å². The van der Waals surface area contributed by atoms with E-state index in [2.05, 4.69) is 25.9 Å². The van der Waals surface area contributed by atoms with Gasteiger partial charge in [-0.05, 0) is 45.7 Å². The summed E-state index contributed by atoms with van der Waals surface area (Å²) in [6.07, 6.45) is 4.67. The lowest BCUT2D eigenvalue weighted by Gasteiger charge is -2.39. The number of hydrogen-bond acceptors (Lipinski definition) is 6. The van der Waals surface area contributed by atoms with Gasteiger partial charge in [0.1, 0.15) is 29.6 Å². The van der Waals surface area contributed by atoms with Crippen molar-refractivity contribution < 1.29 is 19.0 Å². The number of nitrogens with zero attached hydrogens (tertiary/aromatic N) is 3. The molecular formula is C20H24BrN3O4. The van der Waals surface area contributed by atoms with Gasteiger partial charge in [0.15, 0.2) is 0 Å². The molecule has 28 heavy (non-hydrogen) atoms. The number of rotatable bonds is 3. The van der Waals surface area contributed by atoms with Gasteiger partial charge in [-0.3, -0.25) is 4.98 Å². The molecule has 8 heteroatoms. The smallest absolute Gasteiger partial charge is 0.410 e. The van der Waals surface area contributed by atoms with E-state index in [1.807, 2.05) is 32.9 Å². The van der Waals surface area contributed by atoms with Crippen molar-refractivity contribution in [2.24, 2.45) is 0 Å². The fraction of sp³-hybridized carbons (Fsp3) is 0.550. The summed E-state index contributed by atoms with van der Waals surface area (Å²) in [6.45, 7) is 6.95. The molecule has 1 aromatic heterocycles. The highest BCUT2D eigenvalue weighted by atomic mass is 79.9. The number of benzene rings is 1. The average Bonchev–Trinajstić information content (AvgIpc) is 3.36. The lowest BCUT2D eigenvalue weighted by atomic mass is 10.2. The molecule has 4 rings (SSSR count). The molecule has 1 aliphatic heterocycles. The van der Waals surface area contributed by atoms with Crippen LogP contribution in [0.1, 0.15) is 33.6 Å². The topological polar surface area (TPSA) is 73.8 Å². The number of carbonyl (C=O) groups is 1. The zero-order valence-corrected chi connectivity index (χ0v) is 17.9. The van der Waals surface area contributed by atoms with Crippen molar-refractivity contribution in [1.29, 1.82) is 0 Å². The lowest BCUT2D eigenvalue weighted by Crippen LogP contribution is -2.54. The third kappa shape index (κ3) is 4.38. The van der Waals surface area contributed by atoms with E-state index in [1.165, 1.54) is 0 Å². The summed E-state index contributed by atoms with van der Waals surface area (Å²) in [6, 6.07) is 3.77. The van der Waals surface area contributed by atoms with Crippen molar-refractivity contribution in [1.82, 2.24) is 14.9 Å². The fourth-order valence-corrected chi connectivity index (χ4v) is 3.78. The highest BCUT2D eigenvalue weighted by Crippen LogP contribution is 2.44. The minimum absolute atomic E-state index is 0.227. The number of aromatic nitrogens is 2. The van der Waals surface area contributed by atoms with Crippen molar-refractivity contribution in [2.45, 2.75) is 50.9 Å². The first-order valence-electron chi connectivity index (χ1n) is 9.42. The Labute approximate surface area is 172 Å². The van der Waals surface area contributed by atoms with Gasteiger partial charge in [0.05, 0.1) is 24.2 Å². The van der Waals surface area contributed by atoms with E-state index in [9.17, 15) is 4.79 Å². The maximum atomic E-state index is 12.6. The molecule has 1 saturated carbocycles. The van der Waals surface area contributed by atoms with Gasteiger partial charge in [-0.25, -0.2) is 9.78 Å². The first-order chi connectivity index (χ1) is 13.2. The molecule has 0 unspecified atom stereocenters. The summed E-state index contributed by atoms with van der Waals surface area (Å²) in [7, 11) is 0. The molecule has 1 saturated heterocycles. The average molecular weight is 450 g/mol. The Balaban J connectivity index is 1.47. The minimum Gasteiger partial charge on any atom is -0.488 e. The normalized spacial score (nSPS) is 21.0. The number of amides is 1. The number of hydrogen-bond donors (Lipinski definition) is 0. The number of morpholine rings is 1. The van der Waals surface area contributed by atoms with E-state index in [0.717, 1.165) is 22.8 Å². The molecule has 2 aromatic rings. The van der Waals surface area contributed by atoms with Crippen LogP contribution in [0.3, 0.4) is 0 Å². The maximum absolute atomic E-state index is 12.6. The molecule has 0 bridgehead atoms. The molecule has 2 fully saturated rings. The highest BCUT2D eigenvalue weighted by Gasteiger charge is 2.51. The van der Waals surface area contributed by atoms with Crippen molar-refractivity contribution in [3.63, 3.8) is 0 Å². The Morgan fingerprint density at radius 1 is 1.32 bits per heavy atom. The van der Waals surface area contributed by atoms with Gasteiger partial charge in [-0.2, -0.15) is 0 Å². The summed E-state index contributed by atoms with van der Waals surface area (Å²) in [4.78, 5) is 23.0. The van der Waals surface area contributed by atoms with E-state index >= 15 is 0 Å². The van der Waals surface area contributed by atoms with E-state index in [-0.39, 0.29) is 17.8 Å². The predicted octanol–water partition coefficient (Wildman–Crippen LogP) is 3.94. The largest absolute Gasteiger partial charge is 0.488 e. The van der Waals surface area contributed by atoms with Crippen LogP contribution in [-0.2, 0) is 9.47 Å². The second-order valence-electron chi connectivity index (χ2n) is 8.42. The molecular weight excluding hydrogens is 426 g/mol. The predicted molar refractivity (Wildman–Crippen MR) is 107 cm³/mol. The zero-order valence-electron chi connectivity index (χ0n) is 16.3. The summed E-state index contributed by atoms with van der Waals surface area (Å²) >= 11 is 3.49. The third-order valence-corrected chi connectivity index (χ3v) is 5.17. The number of halogens is 1. The highest BCUT2D eigenvalue weighted by molar-refractivity contribution is 9.10. The van der Waals surface area contributed by atoms with Gasteiger partial charge in [0.2, 0.25) is 0 Å². The molecule has 7 nitrogen and oxygen atoms in total. The van der Waals surface area contributed by atoms with Crippen LogP contribution in [-0.4, -0.2) is 58.0 Å². The van der Waals surface area contributed by atoms with Crippen molar-refractivity contribution in [2.75, 3.05) is 19.7 Å². The Kier molecular flexibility index (Phi) is 4.95. The molecule has 150 valence electrons. The first kappa shape index (κ1) is 19.4. The molecule has 2 heterocycles. The molecule has 1 spiro atoms.